The Morgan fingerprint density at radius 2 is 1.97 bits per heavy atom. The molecule has 0 saturated heterocycles. The second-order valence-corrected chi connectivity index (χ2v) is 8.07. The molecule has 156 valence electrons. The molecule has 1 aromatic carbocycles. The Labute approximate surface area is 173 Å². The summed E-state index contributed by atoms with van der Waals surface area (Å²) >= 11 is 0. The largest absolute Gasteiger partial charge is 0.493 e. The smallest absolute Gasteiger partial charge is 0.336 e. The number of Topliss-reactive ketones (excluding diaryl/α,β-unsaturated/α-hetero) is 1. The van der Waals surface area contributed by atoms with Crippen LogP contribution in [-0.4, -0.2) is 30.2 Å². The molecular formula is C24H31NO4. The van der Waals surface area contributed by atoms with E-state index in [0.717, 1.165) is 42.7 Å². The van der Waals surface area contributed by atoms with E-state index in [1.807, 2.05) is 45.0 Å². The summed E-state index contributed by atoms with van der Waals surface area (Å²) in [7, 11) is 0. The predicted octanol–water partition coefficient (Wildman–Crippen LogP) is 5.00. The van der Waals surface area contributed by atoms with Crippen LogP contribution in [-0.2, 0) is 14.3 Å². The maximum atomic E-state index is 13.1. The highest BCUT2D eigenvalue weighted by Gasteiger charge is 2.44. The van der Waals surface area contributed by atoms with Crippen LogP contribution in [0.1, 0.15) is 71.3 Å². The van der Waals surface area contributed by atoms with E-state index in [9.17, 15) is 9.59 Å². The highest BCUT2D eigenvalue weighted by atomic mass is 16.5. The Morgan fingerprint density at radius 3 is 2.69 bits per heavy atom. The van der Waals surface area contributed by atoms with Crippen molar-refractivity contribution in [2.45, 2.75) is 71.8 Å². The quantitative estimate of drug-likeness (QED) is 0.480. The van der Waals surface area contributed by atoms with E-state index >= 15 is 0 Å². The zero-order valence-electron chi connectivity index (χ0n) is 17.9. The van der Waals surface area contributed by atoms with E-state index in [2.05, 4.69) is 11.9 Å². The molecule has 1 heterocycles. The molecule has 0 radical (unpaired) electrons. The van der Waals surface area contributed by atoms with Gasteiger partial charge in [0.1, 0.15) is 11.5 Å². The Hall–Kier alpha value is -2.43. The Morgan fingerprint density at radius 1 is 1.21 bits per heavy atom. The minimum absolute atomic E-state index is 0.144. The number of esters is 1. The minimum Gasteiger partial charge on any atom is -0.493 e. The van der Waals surface area contributed by atoms with E-state index in [1.165, 1.54) is 0 Å². The van der Waals surface area contributed by atoms with Crippen LogP contribution >= 0.6 is 0 Å². The number of allylic oxidation sites excluding steroid dienone is 1. The van der Waals surface area contributed by atoms with Crippen molar-refractivity contribution in [2.75, 3.05) is 6.61 Å². The minimum atomic E-state index is -0.418. The van der Waals surface area contributed by atoms with Crippen LogP contribution in [0.4, 0.5) is 0 Å². The van der Waals surface area contributed by atoms with Gasteiger partial charge in [0.15, 0.2) is 0 Å². The Balaban J connectivity index is 2.10. The van der Waals surface area contributed by atoms with E-state index in [-0.39, 0.29) is 11.9 Å². The monoisotopic (exact) mass is 397 g/mol. The zero-order chi connectivity index (χ0) is 21.0. The van der Waals surface area contributed by atoms with Gasteiger partial charge in [0.25, 0.3) is 0 Å². The Bertz CT molecular complexity index is 837. The molecule has 5 heteroatoms. The van der Waals surface area contributed by atoms with Gasteiger partial charge in [0.05, 0.1) is 24.2 Å². The van der Waals surface area contributed by atoms with Crippen molar-refractivity contribution in [2.24, 2.45) is 10.9 Å². The summed E-state index contributed by atoms with van der Waals surface area (Å²) in [6.07, 6.45) is 3.86. The number of carbonyl (C=O) groups is 2. The molecule has 29 heavy (non-hydrogen) atoms. The maximum absolute atomic E-state index is 13.1. The van der Waals surface area contributed by atoms with Crippen LogP contribution in [0.25, 0.3) is 0 Å². The average molecular weight is 398 g/mol. The highest BCUT2D eigenvalue weighted by Crippen LogP contribution is 2.45. The number of hydrogen-bond acceptors (Lipinski definition) is 5. The molecule has 5 nitrogen and oxygen atoms in total. The topological polar surface area (TPSA) is 65.0 Å². The van der Waals surface area contributed by atoms with Gasteiger partial charge in [-0.3, -0.25) is 9.79 Å². The highest BCUT2D eigenvalue weighted by molar-refractivity contribution is 6.11. The molecule has 1 unspecified atom stereocenters. The van der Waals surface area contributed by atoms with Crippen molar-refractivity contribution in [1.82, 2.24) is 0 Å². The Kier molecular flexibility index (Phi) is 6.88. The number of rotatable bonds is 7. The number of fused-ring (bicyclic) bond motifs is 1. The number of unbranched alkanes of at least 4 members (excludes halogenated alkanes) is 1. The van der Waals surface area contributed by atoms with Crippen molar-refractivity contribution in [3.63, 3.8) is 0 Å². The van der Waals surface area contributed by atoms with Gasteiger partial charge in [-0.2, -0.15) is 0 Å². The molecule has 1 aliphatic heterocycles. The van der Waals surface area contributed by atoms with Gasteiger partial charge >= 0.3 is 5.97 Å². The van der Waals surface area contributed by atoms with Crippen LogP contribution in [0.15, 0.2) is 40.5 Å². The summed E-state index contributed by atoms with van der Waals surface area (Å²) in [6.45, 7) is 8.22. The van der Waals surface area contributed by atoms with Gasteiger partial charge in [-0.25, -0.2) is 4.79 Å². The molecule has 0 aromatic heterocycles. The summed E-state index contributed by atoms with van der Waals surface area (Å²) in [4.78, 5) is 30.7. The number of carbonyl (C=O) groups excluding carboxylic acids is 2. The number of benzene rings is 1. The third-order valence-electron chi connectivity index (χ3n) is 5.48. The molecular weight excluding hydrogens is 366 g/mol. The maximum Gasteiger partial charge on any atom is 0.336 e. The van der Waals surface area contributed by atoms with Crippen LogP contribution in [0.2, 0.25) is 0 Å². The molecule has 0 amide bonds. The first-order valence-electron chi connectivity index (χ1n) is 10.7. The van der Waals surface area contributed by atoms with E-state index in [0.29, 0.717) is 24.3 Å². The standard InChI is InChI=1S/C24H31NO4/c1-5-6-14-28-20-13-8-7-10-17(20)22-21(24(27)29-15(2)3)16(4)25-18-11-9-12-19(26)23(18)22/h7-8,10,13,15,22-23H,5-6,9,11-12,14H2,1-4H3/t22-,23?/m1/s1. The third-order valence-corrected chi connectivity index (χ3v) is 5.48. The van der Waals surface area contributed by atoms with E-state index in [1.54, 1.807) is 0 Å². The van der Waals surface area contributed by atoms with Crippen molar-refractivity contribution in [3.8, 4) is 5.75 Å². The van der Waals surface area contributed by atoms with Crippen molar-refractivity contribution in [3.05, 3.63) is 41.1 Å². The molecule has 0 N–H and O–H groups in total. The number of hydrogen-bond donors (Lipinski definition) is 0. The molecule has 3 rings (SSSR count). The molecule has 1 aromatic rings. The molecule has 0 spiro atoms. The fourth-order valence-electron chi connectivity index (χ4n) is 4.19. The molecule has 0 bridgehead atoms. The second kappa shape index (κ2) is 9.38. The van der Waals surface area contributed by atoms with Crippen LogP contribution < -0.4 is 4.74 Å². The lowest BCUT2D eigenvalue weighted by atomic mass is 9.69. The third kappa shape index (κ3) is 4.60. The number of para-hydroxylation sites is 1. The number of nitrogens with zero attached hydrogens (tertiary/aromatic N) is 1. The van der Waals surface area contributed by atoms with Crippen LogP contribution in [0, 0.1) is 5.92 Å². The fraction of sp³-hybridized carbons (Fsp3) is 0.542. The van der Waals surface area contributed by atoms with Crippen LogP contribution in [0.5, 0.6) is 5.75 Å². The normalized spacial score (nSPS) is 21.7. The molecule has 1 aliphatic carbocycles. The molecule has 1 saturated carbocycles. The lowest BCUT2D eigenvalue weighted by molar-refractivity contribution is -0.143. The van der Waals surface area contributed by atoms with E-state index in [4.69, 9.17) is 9.47 Å². The number of aliphatic imine (C=N–C) groups is 1. The summed E-state index contributed by atoms with van der Waals surface area (Å²) in [6, 6.07) is 7.74. The summed E-state index contributed by atoms with van der Waals surface area (Å²) < 4.78 is 11.6. The van der Waals surface area contributed by atoms with Crippen molar-refractivity contribution in [1.29, 1.82) is 0 Å². The second-order valence-electron chi connectivity index (χ2n) is 8.07. The van der Waals surface area contributed by atoms with Gasteiger partial charge in [-0.15, -0.1) is 0 Å². The first-order chi connectivity index (χ1) is 13.9. The van der Waals surface area contributed by atoms with Crippen LogP contribution in [0.3, 0.4) is 0 Å². The van der Waals surface area contributed by atoms with Crippen molar-refractivity contribution < 1.29 is 19.1 Å². The number of ether oxygens (including phenoxy) is 2. The van der Waals surface area contributed by atoms with Gasteiger partial charge < -0.3 is 9.47 Å². The lowest BCUT2D eigenvalue weighted by Gasteiger charge is -2.36. The summed E-state index contributed by atoms with van der Waals surface area (Å²) in [5, 5.41) is 0. The SMILES string of the molecule is CCCCOc1ccccc1[C@@H]1C(C(=O)OC(C)C)=C(C)N=C2CCCC(=O)C21. The fourth-order valence-corrected chi connectivity index (χ4v) is 4.19. The van der Waals surface area contributed by atoms with Gasteiger partial charge in [0, 0.05) is 29.3 Å². The van der Waals surface area contributed by atoms with E-state index < -0.39 is 17.8 Å². The zero-order valence-corrected chi connectivity index (χ0v) is 17.9. The average Bonchev–Trinajstić information content (AvgIpc) is 2.67. The molecule has 1 fully saturated rings. The number of ketones is 1. The molecule has 2 atom stereocenters. The predicted molar refractivity (Wildman–Crippen MR) is 113 cm³/mol. The lowest BCUT2D eigenvalue weighted by Crippen LogP contribution is -2.39. The summed E-state index contributed by atoms with van der Waals surface area (Å²) in [5.74, 6) is -0.358. The van der Waals surface area contributed by atoms with Gasteiger partial charge in [0.2, 0.25) is 0 Å². The summed E-state index contributed by atoms with van der Waals surface area (Å²) in [5.41, 5.74) is 2.87. The van der Waals surface area contributed by atoms with Crippen molar-refractivity contribution >= 4 is 17.5 Å². The van der Waals surface area contributed by atoms with Gasteiger partial charge in [-0.1, -0.05) is 31.5 Å². The molecule has 2 aliphatic rings. The van der Waals surface area contributed by atoms with Gasteiger partial charge in [-0.05, 0) is 46.1 Å². The first kappa shape index (κ1) is 21.3. The first-order valence-corrected chi connectivity index (χ1v) is 10.7.